The van der Waals surface area contributed by atoms with Gasteiger partial charge in [-0.15, -0.1) is 0 Å². The van der Waals surface area contributed by atoms with Crippen LogP contribution in [0.1, 0.15) is 42.5 Å². The Kier molecular flexibility index (Phi) is 7.00. The van der Waals surface area contributed by atoms with Gasteiger partial charge in [-0.05, 0) is 67.9 Å². The highest BCUT2D eigenvalue weighted by molar-refractivity contribution is 6.31. The maximum Gasteiger partial charge on any atom is 0.266 e. The van der Waals surface area contributed by atoms with E-state index in [-0.39, 0.29) is 16.5 Å². The Morgan fingerprint density at radius 3 is 2.41 bits per heavy atom. The molecule has 0 fully saturated rings. The van der Waals surface area contributed by atoms with E-state index in [0.29, 0.717) is 46.0 Å². The lowest BCUT2D eigenvalue weighted by atomic mass is 10.1. The average Bonchev–Trinajstić information content (AvgIpc) is 2.84. The molecule has 5 nitrogen and oxygen atoms in total. The third-order valence-corrected chi connectivity index (χ3v) is 6.26. The molecule has 0 aliphatic carbocycles. The zero-order valence-corrected chi connectivity index (χ0v) is 20.1. The van der Waals surface area contributed by atoms with E-state index in [2.05, 4.69) is 0 Å². The molecule has 1 aromatic heterocycles. The summed E-state index contributed by atoms with van der Waals surface area (Å²) in [7, 11) is 0. The molecule has 0 aliphatic heterocycles. The number of amides is 1. The smallest absolute Gasteiger partial charge is 0.266 e. The summed E-state index contributed by atoms with van der Waals surface area (Å²) in [4.78, 5) is 33.5. The zero-order chi connectivity index (χ0) is 24.4. The fraction of sp³-hybridized carbons (Fsp3) is 0.192. The standard InChI is InChI=1S/C26H22Cl2FN3O2/c1-3-23(31(4-2)25(33)16-9-11-17(27)12-10-16)24-30-22-8-6-5-7-19(22)26(34)32(24)18-13-14-21(29)20(28)15-18/h5-15,23H,3-4H2,1-2H3. The van der Waals surface area contributed by atoms with E-state index in [9.17, 15) is 14.0 Å². The van der Waals surface area contributed by atoms with Crippen LogP contribution in [0, 0.1) is 5.82 Å². The normalized spacial score (nSPS) is 12.0. The van der Waals surface area contributed by atoms with Crippen molar-refractivity contribution >= 4 is 40.0 Å². The summed E-state index contributed by atoms with van der Waals surface area (Å²) >= 11 is 12.0. The molecule has 0 bridgehead atoms. The summed E-state index contributed by atoms with van der Waals surface area (Å²) in [5.74, 6) is -0.427. The van der Waals surface area contributed by atoms with Crippen molar-refractivity contribution in [3.8, 4) is 5.69 Å². The fourth-order valence-corrected chi connectivity index (χ4v) is 4.35. The van der Waals surface area contributed by atoms with E-state index < -0.39 is 11.9 Å². The van der Waals surface area contributed by atoms with Gasteiger partial charge in [0, 0.05) is 17.1 Å². The van der Waals surface area contributed by atoms with Gasteiger partial charge in [-0.1, -0.05) is 42.3 Å². The van der Waals surface area contributed by atoms with Crippen LogP contribution in [0.25, 0.3) is 16.6 Å². The minimum absolute atomic E-state index is 0.110. The molecule has 0 N–H and O–H groups in total. The predicted octanol–water partition coefficient (Wildman–Crippen LogP) is 6.45. The molecule has 0 saturated carbocycles. The molecule has 174 valence electrons. The average molecular weight is 498 g/mol. The van der Waals surface area contributed by atoms with Crippen LogP contribution in [-0.2, 0) is 0 Å². The second kappa shape index (κ2) is 9.95. The van der Waals surface area contributed by atoms with Crippen molar-refractivity contribution in [2.75, 3.05) is 6.54 Å². The first-order valence-corrected chi connectivity index (χ1v) is 11.6. The Morgan fingerprint density at radius 1 is 1.06 bits per heavy atom. The number of carbonyl (C=O) groups is 1. The third-order valence-electron chi connectivity index (χ3n) is 5.72. The van der Waals surface area contributed by atoms with E-state index in [1.54, 1.807) is 53.4 Å². The second-order valence-electron chi connectivity index (χ2n) is 7.75. The number of nitrogens with zero attached hydrogens (tertiary/aromatic N) is 3. The van der Waals surface area contributed by atoms with Crippen molar-refractivity contribution in [1.82, 2.24) is 14.5 Å². The van der Waals surface area contributed by atoms with Gasteiger partial charge in [-0.2, -0.15) is 0 Å². The van der Waals surface area contributed by atoms with Crippen molar-refractivity contribution in [1.29, 1.82) is 0 Å². The molecule has 1 heterocycles. The topological polar surface area (TPSA) is 55.2 Å². The monoisotopic (exact) mass is 497 g/mol. The third kappa shape index (κ3) is 4.43. The first-order valence-electron chi connectivity index (χ1n) is 10.9. The number of carbonyl (C=O) groups excluding carboxylic acids is 1. The first-order chi connectivity index (χ1) is 16.3. The highest BCUT2D eigenvalue weighted by Gasteiger charge is 2.29. The number of aromatic nitrogens is 2. The van der Waals surface area contributed by atoms with E-state index >= 15 is 0 Å². The van der Waals surface area contributed by atoms with Gasteiger partial charge >= 0.3 is 0 Å². The second-order valence-corrected chi connectivity index (χ2v) is 8.59. The lowest BCUT2D eigenvalue weighted by molar-refractivity contribution is 0.0672. The van der Waals surface area contributed by atoms with Crippen molar-refractivity contribution in [2.45, 2.75) is 26.3 Å². The van der Waals surface area contributed by atoms with E-state index in [1.165, 1.54) is 22.8 Å². The Morgan fingerprint density at radius 2 is 1.76 bits per heavy atom. The molecule has 4 rings (SSSR count). The van der Waals surface area contributed by atoms with Gasteiger partial charge in [-0.25, -0.2) is 9.37 Å². The lowest BCUT2D eigenvalue weighted by Gasteiger charge is -2.31. The maximum atomic E-state index is 13.9. The minimum Gasteiger partial charge on any atom is -0.329 e. The van der Waals surface area contributed by atoms with E-state index in [1.807, 2.05) is 13.8 Å². The quantitative estimate of drug-likeness (QED) is 0.307. The van der Waals surface area contributed by atoms with Crippen molar-refractivity contribution in [3.63, 3.8) is 0 Å². The van der Waals surface area contributed by atoms with Gasteiger partial charge in [0.25, 0.3) is 11.5 Å². The van der Waals surface area contributed by atoms with Gasteiger partial charge in [0.2, 0.25) is 0 Å². The number of para-hydroxylation sites is 1. The molecule has 1 amide bonds. The fourth-order valence-electron chi connectivity index (χ4n) is 4.05. The Hall–Kier alpha value is -3.22. The largest absolute Gasteiger partial charge is 0.329 e. The molecule has 0 radical (unpaired) electrons. The molecule has 34 heavy (non-hydrogen) atoms. The highest BCUT2D eigenvalue weighted by Crippen LogP contribution is 2.28. The first kappa shape index (κ1) is 23.9. The summed E-state index contributed by atoms with van der Waals surface area (Å²) in [6, 6.07) is 17.2. The molecule has 0 aliphatic rings. The summed E-state index contributed by atoms with van der Waals surface area (Å²) < 4.78 is 15.3. The van der Waals surface area contributed by atoms with Gasteiger partial charge in [0.05, 0.1) is 27.7 Å². The van der Waals surface area contributed by atoms with Crippen LogP contribution in [0.4, 0.5) is 4.39 Å². The molecule has 8 heteroatoms. The van der Waals surface area contributed by atoms with Gasteiger partial charge in [0.15, 0.2) is 0 Å². The highest BCUT2D eigenvalue weighted by atomic mass is 35.5. The lowest BCUT2D eigenvalue weighted by Crippen LogP contribution is -2.38. The molecule has 0 spiro atoms. The van der Waals surface area contributed by atoms with E-state index in [4.69, 9.17) is 28.2 Å². The van der Waals surface area contributed by atoms with E-state index in [0.717, 1.165) is 0 Å². The molecule has 0 saturated heterocycles. The van der Waals surface area contributed by atoms with Crippen LogP contribution >= 0.6 is 23.2 Å². The molecule has 4 aromatic rings. The maximum absolute atomic E-state index is 13.9. The van der Waals surface area contributed by atoms with Gasteiger partial charge < -0.3 is 4.90 Å². The summed E-state index contributed by atoms with van der Waals surface area (Å²) in [5.41, 5.74) is 1.04. The summed E-state index contributed by atoms with van der Waals surface area (Å²) in [6.07, 6.45) is 0.493. The van der Waals surface area contributed by atoms with Crippen LogP contribution < -0.4 is 5.56 Å². The predicted molar refractivity (Wildman–Crippen MR) is 134 cm³/mol. The molecular formula is C26H22Cl2FN3O2. The molecule has 1 atom stereocenters. The zero-order valence-electron chi connectivity index (χ0n) is 18.6. The number of rotatable bonds is 6. The van der Waals surface area contributed by atoms with Crippen molar-refractivity contribution in [2.24, 2.45) is 0 Å². The SMILES string of the molecule is CCC(c1nc2ccccc2c(=O)n1-c1ccc(F)c(Cl)c1)N(CC)C(=O)c1ccc(Cl)cc1. The Bertz CT molecular complexity index is 1420. The minimum atomic E-state index is -0.589. The van der Waals surface area contributed by atoms with Crippen LogP contribution in [0.3, 0.4) is 0 Å². The number of fused-ring (bicyclic) bond motifs is 1. The Balaban J connectivity index is 1.94. The van der Waals surface area contributed by atoms with Crippen LogP contribution in [-0.4, -0.2) is 26.9 Å². The van der Waals surface area contributed by atoms with Gasteiger partial charge in [-0.3, -0.25) is 14.2 Å². The molecule has 1 unspecified atom stereocenters. The Labute approximate surface area is 206 Å². The molecule has 3 aromatic carbocycles. The number of hydrogen-bond acceptors (Lipinski definition) is 3. The van der Waals surface area contributed by atoms with Crippen LogP contribution in [0.5, 0.6) is 0 Å². The van der Waals surface area contributed by atoms with Crippen LogP contribution in [0.15, 0.2) is 71.5 Å². The number of benzene rings is 3. The molecular weight excluding hydrogens is 476 g/mol. The van der Waals surface area contributed by atoms with Crippen molar-refractivity contribution in [3.05, 3.63) is 104 Å². The number of hydrogen-bond donors (Lipinski definition) is 0. The summed E-state index contributed by atoms with van der Waals surface area (Å²) in [6.45, 7) is 4.17. The van der Waals surface area contributed by atoms with Crippen molar-refractivity contribution < 1.29 is 9.18 Å². The summed E-state index contributed by atoms with van der Waals surface area (Å²) in [5, 5.41) is 0.833. The van der Waals surface area contributed by atoms with Crippen LogP contribution in [0.2, 0.25) is 10.0 Å². The number of halogens is 3. The van der Waals surface area contributed by atoms with Gasteiger partial charge in [0.1, 0.15) is 11.6 Å².